The molecule has 3 aliphatic rings. The van der Waals surface area contributed by atoms with E-state index in [0.29, 0.717) is 23.2 Å². The van der Waals surface area contributed by atoms with Crippen molar-refractivity contribution in [2.45, 2.75) is 20.3 Å². The van der Waals surface area contributed by atoms with E-state index >= 15 is 0 Å². The minimum absolute atomic E-state index is 0.124. The molecule has 1 saturated carbocycles. The molecule has 0 spiro atoms. The molecule has 136 valence electrons. The Kier molecular flexibility index (Phi) is 4.05. The highest BCUT2D eigenvalue weighted by Crippen LogP contribution is 2.61. The number of anilines is 1. The van der Waals surface area contributed by atoms with E-state index in [9.17, 15) is 4.79 Å². The maximum Gasteiger partial charge on any atom is 0.317 e. The smallest absolute Gasteiger partial charge is 0.317 e. The monoisotopic (exact) mass is 343 g/mol. The Balaban J connectivity index is 1.26. The number of amides is 2. The number of benzene rings is 1. The molecule has 25 heavy (non-hydrogen) atoms. The van der Waals surface area contributed by atoms with Crippen molar-refractivity contribution in [3.63, 3.8) is 0 Å². The number of rotatable bonds is 4. The lowest BCUT2D eigenvalue weighted by atomic mass is 10.1. The van der Waals surface area contributed by atoms with Gasteiger partial charge in [0.2, 0.25) is 0 Å². The predicted molar refractivity (Wildman–Crippen MR) is 99.0 cm³/mol. The van der Waals surface area contributed by atoms with Gasteiger partial charge in [0.05, 0.1) is 12.8 Å². The minimum Gasteiger partial charge on any atom is -0.495 e. The molecule has 1 aromatic rings. The number of ether oxygens (including phenoxy) is 1. The van der Waals surface area contributed by atoms with Crippen LogP contribution in [0.25, 0.3) is 0 Å². The number of carbonyl (C=O) groups is 1. The molecule has 1 N–H and O–H groups in total. The van der Waals surface area contributed by atoms with Crippen LogP contribution in [0.1, 0.15) is 20.3 Å². The number of piperidine rings is 1. The Morgan fingerprint density at radius 2 is 1.96 bits per heavy atom. The van der Waals surface area contributed by atoms with Gasteiger partial charge in [-0.1, -0.05) is 26.0 Å². The second-order valence-electron chi connectivity index (χ2n) is 8.40. The van der Waals surface area contributed by atoms with Crippen molar-refractivity contribution in [2.24, 2.45) is 23.2 Å². The van der Waals surface area contributed by atoms with Crippen LogP contribution in [0.3, 0.4) is 0 Å². The average molecular weight is 343 g/mol. The topological polar surface area (TPSA) is 44.8 Å². The van der Waals surface area contributed by atoms with Crippen molar-refractivity contribution in [2.75, 3.05) is 44.7 Å². The van der Waals surface area contributed by atoms with Gasteiger partial charge in [-0.3, -0.25) is 0 Å². The summed E-state index contributed by atoms with van der Waals surface area (Å²) in [6, 6.07) is 8.28. The van der Waals surface area contributed by atoms with Gasteiger partial charge in [-0.05, 0) is 41.7 Å². The molecule has 0 aromatic heterocycles. The molecule has 0 bridgehead atoms. The third-order valence-corrected chi connectivity index (χ3v) is 6.66. The van der Waals surface area contributed by atoms with Crippen molar-refractivity contribution in [1.29, 1.82) is 0 Å². The molecule has 5 heteroatoms. The van der Waals surface area contributed by atoms with Gasteiger partial charge < -0.3 is 19.9 Å². The van der Waals surface area contributed by atoms with E-state index in [0.717, 1.165) is 50.6 Å². The van der Waals surface area contributed by atoms with E-state index in [-0.39, 0.29) is 6.03 Å². The lowest BCUT2D eigenvalue weighted by Gasteiger charge is -2.24. The fourth-order valence-corrected chi connectivity index (χ4v) is 4.75. The molecule has 0 unspecified atom stereocenters. The molecule has 4 rings (SSSR count). The maximum atomic E-state index is 12.4. The third kappa shape index (κ3) is 2.94. The van der Waals surface area contributed by atoms with Crippen LogP contribution in [-0.2, 0) is 0 Å². The molecular weight excluding hydrogens is 314 g/mol. The van der Waals surface area contributed by atoms with Crippen molar-refractivity contribution in [1.82, 2.24) is 10.2 Å². The van der Waals surface area contributed by atoms with E-state index in [1.54, 1.807) is 7.11 Å². The summed E-state index contributed by atoms with van der Waals surface area (Å²) in [7, 11) is 1.72. The molecule has 2 heterocycles. The van der Waals surface area contributed by atoms with Crippen molar-refractivity contribution < 1.29 is 9.53 Å². The first-order valence-electron chi connectivity index (χ1n) is 9.41. The zero-order valence-corrected chi connectivity index (χ0v) is 15.5. The summed E-state index contributed by atoms with van der Waals surface area (Å²) in [6.45, 7) is 9.26. The maximum absolute atomic E-state index is 12.4. The van der Waals surface area contributed by atoms with Crippen LogP contribution in [0.4, 0.5) is 10.5 Å². The Morgan fingerprint density at radius 1 is 1.24 bits per heavy atom. The van der Waals surface area contributed by atoms with Gasteiger partial charge in [-0.2, -0.15) is 0 Å². The number of hydrogen-bond donors (Lipinski definition) is 1. The molecular formula is C20H29N3O2. The van der Waals surface area contributed by atoms with Crippen molar-refractivity contribution >= 4 is 11.7 Å². The van der Waals surface area contributed by atoms with E-state index in [4.69, 9.17) is 4.74 Å². The highest BCUT2D eigenvalue weighted by molar-refractivity contribution is 5.75. The fourth-order valence-electron chi connectivity index (χ4n) is 4.75. The summed E-state index contributed by atoms with van der Waals surface area (Å²) in [5.41, 5.74) is 1.61. The van der Waals surface area contributed by atoms with Gasteiger partial charge >= 0.3 is 6.03 Å². The first-order valence-corrected chi connectivity index (χ1v) is 9.41. The standard InChI is InChI=1S/C20H29N3O2/c1-20(2)15-12-23(13-16(15)20)19(24)21-10-14-8-9-22(11-14)17-6-4-5-7-18(17)25-3/h4-7,14-16H,8-13H2,1-3H3,(H,21,24)/t14-,15-,16+/m0/s1. The summed E-state index contributed by atoms with van der Waals surface area (Å²) < 4.78 is 5.47. The number of urea groups is 1. The molecule has 3 fully saturated rings. The number of fused-ring (bicyclic) bond motifs is 1. The average Bonchev–Trinajstić information content (AvgIpc) is 3.09. The SMILES string of the molecule is COc1ccccc1N1CC[C@@H](CNC(=O)N2C[C@@H]3[C@H](C2)C3(C)C)C1. The highest BCUT2D eigenvalue weighted by atomic mass is 16.5. The largest absolute Gasteiger partial charge is 0.495 e. The number of hydrogen-bond acceptors (Lipinski definition) is 3. The summed E-state index contributed by atoms with van der Waals surface area (Å²) in [6.07, 6.45) is 1.11. The number of carbonyl (C=O) groups excluding carboxylic acids is 1. The molecule has 2 aliphatic heterocycles. The van der Waals surface area contributed by atoms with E-state index in [1.807, 2.05) is 23.1 Å². The van der Waals surface area contributed by atoms with Crippen LogP contribution in [-0.4, -0.2) is 50.8 Å². The molecule has 3 atom stereocenters. The van der Waals surface area contributed by atoms with Gasteiger partial charge in [0.15, 0.2) is 0 Å². The Labute approximate surface area is 150 Å². The third-order valence-electron chi connectivity index (χ3n) is 6.66. The fraction of sp³-hybridized carbons (Fsp3) is 0.650. The minimum atomic E-state index is 0.124. The van der Waals surface area contributed by atoms with Crippen LogP contribution >= 0.6 is 0 Å². The normalized spacial score (nSPS) is 29.5. The van der Waals surface area contributed by atoms with Crippen LogP contribution in [0.2, 0.25) is 0 Å². The first kappa shape index (κ1) is 16.6. The number of likely N-dealkylation sites (tertiary alicyclic amines) is 1. The van der Waals surface area contributed by atoms with Crippen LogP contribution in [0, 0.1) is 23.2 Å². The number of nitrogens with zero attached hydrogens (tertiary/aromatic N) is 2. The molecule has 2 amide bonds. The van der Waals surface area contributed by atoms with E-state index in [2.05, 4.69) is 30.1 Å². The molecule has 0 radical (unpaired) electrons. The first-order chi connectivity index (χ1) is 12.0. The molecule has 2 saturated heterocycles. The van der Waals surface area contributed by atoms with Crippen molar-refractivity contribution in [3.8, 4) is 5.75 Å². The number of nitrogens with one attached hydrogen (secondary N) is 1. The van der Waals surface area contributed by atoms with Crippen LogP contribution in [0.15, 0.2) is 24.3 Å². The van der Waals surface area contributed by atoms with Crippen LogP contribution < -0.4 is 15.0 Å². The predicted octanol–water partition coefficient (Wildman–Crippen LogP) is 2.82. The Hall–Kier alpha value is -1.91. The summed E-state index contributed by atoms with van der Waals surface area (Å²) in [5, 5.41) is 3.16. The second-order valence-corrected chi connectivity index (χ2v) is 8.40. The molecule has 5 nitrogen and oxygen atoms in total. The van der Waals surface area contributed by atoms with Gasteiger partial charge in [0, 0.05) is 32.7 Å². The lowest BCUT2D eigenvalue weighted by molar-refractivity contribution is 0.194. The second kappa shape index (κ2) is 6.11. The summed E-state index contributed by atoms with van der Waals surface area (Å²) in [4.78, 5) is 16.8. The Bertz CT molecular complexity index is 646. The summed E-state index contributed by atoms with van der Waals surface area (Å²) in [5.74, 6) is 2.85. The zero-order chi connectivity index (χ0) is 17.6. The van der Waals surface area contributed by atoms with Gasteiger partial charge in [-0.15, -0.1) is 0 Å². The lowest BCUT2D eigenvalue weighted by Crippen LogP contribution is -2.42. The van der Waals surface area contributed by atoms with E-state index in [1.165, 1.54) is 0 Å². The molecule has 1 aromatic carbocycles. The van der Waals surface area contributed by atoms with Gasteiger partial charge in [0.1, 0.15) is 5.75 Å². The summed E-state index contributed by atoms with van der Waals surface area (Å²) >= 11 is 0. The van der Waals surface area contributed by atoms with E-state index < -0.39 is 0 Å². The zero-order valence-electron chi connectivity index (χ0n) is 15.5. The van der Waals surface area contributed by atoms with Gasteiger partial charge in [0.25, 0.3) is 0 Å². The molecule has 1 aliphatic carbocycles. The van der Waals surface area contributed by atoms with Crippen LogP contribution in [0.5, 0.6) is 5.75 Å². The highest BCUT2D eigenvalue weighted by Gasteiger charge is 2.62. The number of methoxy groups -OCH3 is 1. The quantitative estimate of drug-likeness (QED) is 0.914. The van der Waals surface area contributed by atoms with Crippen molar-refractivity contribution in [3.05, 3.63) is 24.3 Å². The van der Waals surface area contributed by atoms with Gasteiger partial charge in [-0.25, -0.2) is 4.79 Å². The number of para-hydroxylation sites is 2. The Morgan fingerprint density at radius 3 is 2.68 bits per heavy atom.